The summed E-state index contributed by atoms with van der Waals surface area (Å²) in [4.78, 5) is 16.3. The van der Waals surface area contributed by atoms with Crippen molar-refractivity contribution in [2.45, 2.75) is 27.7 Å². The molecule has 0 bridgehead atoms. The normalized spacial score (nSPS) is 16.2. The monoisotopic (exact) mass is 301 g/mol. The van der Waals surface area contributed by atoms with E-state index in [2.05, 4.69) is 62.2 Å². The van der Waals surface area contributed by atoms with Gasteiger partial charge in [0.2, 0.25) is 0 Å². The zero-order valence-corrected chi connectivity index (χ0v) is 14.1. The average Bonchev–Trinajstić information content (AvgIpc) is 2.46. The van der Waals surface area contributed by atoms with Gasteiger partial charge in [-0.3, -0.25) is 0 Å². The number of benzene rings is 1. The Labute approximate surface area is 133 Å². The summed E-state index contributed by atoms with van der Waals surface area (Å²) in [5.74, 6) is 0. The Morgan fingerprint density at radius 3 is 2.45 bits per heavy atom. The van der Waals surface area contributed by atoms with Crippen molar-refractivity contribution in [2.24, 2.45) is 5.41 Å². The van der Waals surface area contributed by atoms with Crippen LogP contribution in [0.4, 0.5) is 10.5 Å². The van der Waals surface area contributed by atoms with E-state index in [0.29, 0.717) is 0 Å². The molecule has 4 heteroatoms. The van der Waals surface area contributed by atoms with Crippen LogP contribution >= 0.6 is 0 Å². The second-order valence-corrected chi connectivity index (χ2v) is 6.96. The van der Waals surface area contributed by atoms with Crippen molar-refractivity contribution < 1.29 is 4.79 Å². The molecule has 4 nitrogen and oxygen atoms in total. The van der Waals surface area contributed by atoms with Gasteiger partial charge in [-0.15, -0.1) is 0 Å². The second kappa shape index (κ2) is 6.86. The molecule has 22 heavy (non-hydrogen) atoms. The predicted octanol–water partition coefficient (Wildman–Crippen LogP) is 3.39. The molecule has 0 unspecified atom stereocenters. The number of nitrogens with zero attached hydrogens (tertiary/aromatic N) is 2. The van der Waals surface area contributed by atoms with Crippen molar-refractivity contribution in [1.29, 1.82) is 0 Å². The lowest BCUT2D eigenvalue weighted by molar-refractivity contribution is 0.198. The highest BCUT2D eigenvalue weighted by atomic mass is 16.2. The molecule has 0 aliphatic carbocycles. The molecular weight excluding hydrogens is 274 g/mol. The number of aryl methyl sites for hydroxylation is 1. The molecule has 1 aromatic rings. The van der Waals surface area contributed by atoms with E-state index in [4.69, 9.17) is 0 Å². The summed E-state index contributed by atoms with van der Waals surface area (Å²) >= 11 is 0. The molecular formula is C18H27N3O. The number of urea groups is 1. The first-order valence-electron chi connectivity index (χ1n) is 7.90. The van der Waals surface area contributed by atoms with Gasteiger partial charge in [0.25, 0.3) is 0 Å². The topological polar surface area (TPSA) is 35.6 Å². The van der Waals surface area contributed by atoms with Crippen LogP contribution in [0.15, 0.2) is 36.5 Å². The molecule has 1 aromatic carbocycles. The number of rotatable bonds is 2. The van der Waals surface area contributed by atoms with Crippen LogP contribution in [0.25, 0.3) is 0 Å². The van der Waals surface area contributed by atoms with Gasteiger partial charge >= 0.3 is 6.03 Å². The number of amides is 2. The Bertz CT molecular complexity index is 538. The van der Waals surface area contributed by atoms with Gasteiger partial charge < -0.3 is 15.1 Å². The Morgan fingerprint density at radius 2 is 1.86 bits per heavy atom. The number of hydrogen-bond donors (Lipinski definition) is 1. The lowest BCUT2D eigenvalue weighted by atomic mass is 9.97. The number of anilines is 1. The number of carbonyl (C=O) groups excluding carboxylic acids is 1. The zero-order valence-electron chi connectivity index (χ0n) is 14.1. The third-order valence-corrected chi connectivity index (χ3v) is 3.72. The maximum atomic E-state index is 12.1. The Hall–Kier alpha value is -1.97. The molecule has 2 amide bonds. The minimum atomic E-state index is -0.00982. The smallest absolute Gasteiger partial charge is 0.321 e. The second-order valence-electron chi connectivity index (χ2n) is 6.96. The molecule has 1 heterocycles. The molecule has 0 aromatic heterocycles. The largest absolute Gasteiger partial charge is 0.368 e. The van der Waals surface area contributed by atoms with E-state index in [-0.39, 0.29) is 11.4 Å². The van der Waals surface area contributed by atoms with Crippen molar-refractivity contribution >= 4 is 11.7 Å². The van der Waals surface area contributed by atoms with Crippen molar-refractivity contribution in [3.05, 3.63) is 42.1 Å². The number of piperazine rings is 1. The summed E-state index contributed by atoms with van der Waals surface area (Å²) in [6.07, 6.45) is 3.77. The van der Waals surface area contributed by atoms with Gasteiger partial charge in [0.05, 0.1) is 0 Å². The van der Waals surface area contributed by atoms with E-state index in [9.17, 15) is 4.79 Å². The zero-order chi connectivity index (χ0) is 16.2. The van der Waals surface area contributed by atoms with Gasteiger partial charge in [-0.1, -0.05) is 39.0 Å². The summed E-state index contributed by atoms with van der Waals surface area (Å²) in [5, 5.41) is 2.86. The minimum Gasteiger partial charge on any atom is -0.368 e. The van der Waals surface area contributed by atoms with Crippen LogP contribution in [0.5, 0.6) is 0 Å². The van der Waals surface area contributed by atoms with Gasteiger partial charge in [0.1, 0.15) is 0 Å². The van der Waals surface area contributed by atoms with Gasteiger partial charge in [-0.05, 0) is 30.0 Å². The summed E-state index contributed by atoms with van der Waals surface area (Å²) in [6.45, 7) is 11.7. The maximum Gasteiger partial charge on any atom is 0.321 e. The highest BCUT2D eigenvalue weighted by Crippen LogP contribution is 2.18. The molecule has 120 valence electrons. The Kier molecular flexibility index (Phi) is 5.11. The number of carbonyl (C=O) groups is 1. The predicted molar refractivity (Wildman–Crippen MR) is 92.1 cm³/mol. The fourth-order valence-electron chi connectivity index (χ4n) is 2.45. The van der Waals surface area contributed by atoms with Crippen molar-refractivity contribution in [2.75, 3.05) is 31.1 Å². The number of allylic oxidation sites excluding steroid dienone is 1. The summed E-state index contributed by atoms with van der Waals surface area (Å²) < 4.78 is 0. The number of hydrogen-bond acceptors (Lipinski definition) is 2. The Morgan fingerprint density at radius 1 is 1.18 bits per heavy atom. The minimum absolute atomic E-state index is 0.00982. The summed E-state index contributed by atoms with van der Waals surface area (Å²) in [7, 11) is 0. The summed E-state index contributed by atoms with van der Waals surface area (Å²) in [5.41, 5.74) is 2.59. The van der Waals surface area contributed by atoms with Crippen LogP contribution in [0.1, 0.15) is 26.3 Å². The van der Waals surface area contributed by atoms with Crippen molar-refractivity contribution in [3.63, 3.8) is 0 Å². The fourth-order valence-corrected chi connectivity index (χ4v) is 2.45. The average molecular weight is 301 g/mol. The van der Waals surface area contributed by atoms with Crippen LogP contribution in [0.2, 0.25) is 0 Å². The first kappa shape index (κ1) is 16.4. The van der Waals surface area contributed by atoms with Crippen molar-refractivity contribution in [1.82, 2.24) is 10.2 Å². The first-order chi connectivity index (χ1) is 10.3. The third-order valence-electron chi connectivity index (χ3n) is 3.72. The third kappa shape index (κ3) is 4.79. The van der Waals surface area contributed by atoms with E-state index in [1.807, 2.05) is 11.0 Å². The summed E-state index contributed by atoms with van der Waals surface area (Å²) in [6, 6.07) is 8.51. The first-order valence-corrected chi connectivity index (χ1v) is 7.90. The van der Waals surface area contributed by atoms with Crippen molar-refractivity contribution in [3.8, 4) is 0 Å². The molecule has 0 spiro atoms. The molecule has 2 rings (SSSR count). The fraction of sp³-hybridized carbons (Fsp3) is 0.500. The van der Waals surface area contributed by atoms with Crippen LogP contribution in [0, 0.1) is 12.3 Å². The SMILES string of the molecule is Cc1cccc(N2CCN(C(=O)N/C=C/C(C)(C)C)CC2)c1. The van der Waals surface area contributed by atoms with Crippen LogP contribution in [-0.4, -0.2) is 37.1 Å². The molecule has 1 saturated heterocycles. The van der Waals surface area contributed by atoms with Gasteiger partial charge in [0, 0.05) is 38.1 Å². The van der Waals surface area contributed by atoms with Crippen LogP contribution in [0.3, 0.4) is 0 Å². The lowest BCUT2D eigenvalue weighted by Crippen LogP contribution is -2.51. The molecule has 1 aliphatic rings. The Balaban J connectivity index is 1.84. The van der Waals surface area contributed by atoms with Gasteiger partial charge in [-0.2, -0.15) is 0 Å². The van der Waals surface area contributed by atoms with Crippen LogP contribution in [-0.2, 0) is 0 Å². The maximum absolute atomic E-state index is 12.1. The molecule has 1 fully saturated rings. The van der Waals surface area contributed by atoms with E-state index < -0.39 is 0 Å². The molecule has 0 radical (unpaired) electrons. The van der Waals surface area contributed by atoms with E-state index in [1.165, 1.54) is 11.3 Å². The molecule has 0 atom stereocenters. The lowest BCUT2D eigenvalue weighted by Gasteiger charge is -2.36. The quantitative estimate of drug-likeness (QED) is 0.909. The standard InChI is InChI=1S/C18H27N3O/c1-15-6-5-7-16(14-15)20-10-12-21(13-11-20)17(22)19-9-8-18(2,3)4/h5-9,14H,10-13H2,1-4H3,(H,19,22)/b9-8+. The van der Waals surface area contributed by atoms with E-state index in [0.717, 1.165) is 26.2 Å². The molecule has 1 N–H and O–H groups in total. The van der Waals surface area contributed by atoms with Crippen LogP contribution < -0.4 is 10.2 Å². The highest BCUT2D eigenvalue weighted by Gasteiger charge is 2.20. The number of nitrogens with one attached hydrogen (secondary N) is 1. The van der Waals surface area contributed by atoms with Gasteiger partial charge in [-0.25, -0.2) is 4.79 Å². The van der Waals surface area contributed by atoms with E-state index >= 15 is 0 Å². The van der Waals surface area contributed by atoms with E-state index in [1.54, 1.807) is 6.20 Å². The molecule has 1 aliphatic heterocycles. The highest BCUT2D eigenvalue weighted by molar-refractivity contribution is 5.75. The molecule has 0 saturated carbocycles. The van der Waals surface area contributed by atoms with Gasteiger partial charge in [0.15, 0.2) is 0 Å².